The molecule has 0 aliphatic heterocycles. The van der Waals surface area contributed by atoms with Gasteiger partial charge in [-0.2, -0.15) is 0 Å². The number of rotatable bonds is 7. The van der Waals surface area contributed by atoms with Gasteiger partial charge < -0.3 is 5.32 Å². The summed E-state index contributed by atoms with van der Waals surface area (Å²) in [7, 11) is 0. The van der Waals surface area contributed by atoms with Crippen molar-refractivity contribution in [3.8, 4) is 0 Å². The molecule has 0 radical (unpaired) electrons. The van der Waals surface area contributed by atoms with E-state index in [2.05, 4.69) is 118 Å². The smallest absolute Gasteiger partial charge is 0.0620 e. The maximum atomic E-state index is 3.78. The summed E-state index contributed by atoms with van der Waals surface area (Å²) in [6.07, 6.45) is 6.47. The molecular formula is C27H31N. The Balaban J connectivity index is 1.82. The van der Waals surface area contributed by atoms with Gasteiger partial charge in [0, 0.05) is 5.69 Å². The molecule has 0 aliphatic carbocycles. The maximum absolute atomic E-state index is 3.78. The predicted octanol–water partition coefficient (Wildman–Crippen LogP) is 7.60. The van der Waals surface area contributed by atoms with Gasteiger partial charge >= 0.3 is 0 Å². The van der Waals surface area contributed by atoms with E-state index in [0.29, 0.717) is 0 Å². The Hall–Kier alpha value is -2.80. The van der Waals surface area contributed by atoms with Gasteiger partial charge in [0.05, 0.1) is 5.54 Å². The van der Waals surface area contributed by atoms with E-state index in [1.165, 1.54) is 33.5 Å². The third-order valence-electron chi connectivity index (χ3n) is 5.54. The molecular weight excluding hydrogens is 338 g/mol. The first-order valence-electron chi connectivity index (χ1n) is 10.2. The topological polar surface area (TPSA) is 12.0 Å². The van der Waals surface area contributed by atoms with Crippen LogP contribution in [0.25, 0.3) is 12.2 Å². The number of hydrogen-bond acceptors (Lipinski definition) is 1. The van der Waals surface area contributed by atoms with E-state index in [4.69, 9.17) is 0 Å². The number of hydrogen-bond donors (Lipinski definition) is 1. The van der Waals surface area contributed by atoms with E-state index in [-0.39, 0.29) is 5.54 Å². The van der Waals surface area contributed by atoms with Crippen LogP contribution in [0, 0.1) is 13.8 Å². The molecule has 144 valence electrons. The molecule has 3 rings (SSSR count). The molecule has 0 spiro atoms. The van der Waals surface area contributed by atoms with Crippen molar-refractivity contribution in [1.29, 1.82) is 0 Å². The number of anilines is 1. The Morgan fingerprint density at radius 3 is 1.86 bits per heavy atom. The highest BCUT2D eigenvalue weighted by molar-refractivity contribution is 5.70. The fourth-order valence-corrected chi connectivity index (χ4v) is 3.92. The van der Waals surface area contributed by atoms with Crippen LogP contribution in [0.2, 0.25) is 0 Å². The second-order valence-electron chi connectivity index (χ2n) is 7.66. The van der Waals surface area contributed by atoms with Gasteiger partial charge in [0.2, 0.25) is 0 Å². The van der Waals surface area contributed by atoms with E-state index in [0.717, 1.165) is 12.8 Å². The first-order valence-corrected chi connectivity index (χ1v) is 10.2. The molecule has 1 heteroatoms. The average molecular weight is 370 g/mol. The van der Waals surface area contributed by atoms with Crippen LogP contribution in [0.1, 0.15) is 54.5 Å². The molecule has 0 aromatic heterocycles. The lowest BCUT2D eigenvalue weighted by atomic mass is 9.84. The molecule has 0 amide bonds. The largest absolute Gasteiger partial charge is 0.376 e. The van der Waals surface area contributed by atoms with Crippen molar-refractivity contribution in [3.05, 3.63) is 101 Å². The van der Waals surface area contributed by atoms with Gasteiger partial charge in [-0.3, -0.25) is 0 Å². The van der Waals surface area contributed by atoms with Gasteiger partial charge in [0.15, 0.2) is 0 Å². The van der Waals surface area contributed by atoms with Crippen LogP contribution in [0.4, 0.5) is 5.69 Å². The van der Waals surface area contributed by atoms with Crippen molar-refractivity contribution in [1.82, 2.24) is 0 Å². The second-order valence-corrected chi connectivity index (χ2v) is 7.66. The number of nitrogens with one attached hydrogen (secondary N) is 1. The van der Waals surface area contributed by atoms with Crippen LogP contribution in [-0.4, -0.2) is 0 Å². The summed E-state index contributed by atoms with van der Waals surface area (Å²) in [5.74, 6) is 0. The lowest BCUT2D eigenvalue weighted by Gasteiger charge is -2.35. The highest BCUT2D eigenvalue weighted by atomic mass is 15.0. The summed E-state index contributed by atoms with van der Waals surface area (Å²) in [5.41, 5.74) is 7.55. The van der Waals surface area contributed by atoms with Gasteiger partial charge in [-0.15, -0.1) is 0 Å². The molecule has 3 aromatic rings. The fraction of sp³-hybridized carbons (Fsp3) is 0.259. The van der Waals surface area contributed by atoms with Crippen LogP contribution < -0.4 is 5.32 Å². The lowest BCUT2D eigenvalue weighted by Crippen LogP contribution is -2.34. The van der Waals surface area contributed by atoms with E-state index < -0.39 is 0 Å². The normalized spacial score (nSPS) is 11.7. The van der Waals surface area contributed by atoms with Crippen molar-refractivity contribution in [2.24, 2.45) is 0 Å². The van der Waals surface area contributed by atoms with Gasteiger partial charge in [0.25, 0.3) is 0 Å². The summed E-state index contributed by atoms with van der Waals surface area (Å²) < 4.78 is 0. The van der Waals surface area contributed by atoms with Crippen molar-refractivity contribution >= 4 is 17.8 Å². The maximum Gasteiger partial charge on any atom is 0.0620 e. The van der Waals surface area contributed by atoms with E-state index >= 15 is 0 Å². The fourth-order valence-electron chi connectivity index (χ4n) is 3.92. The lowest BCUT2D eigenvalue weighted by molar-refractivity contribution is 0.455. The van der Waals surface area contributed by atoms with Crippen molar-refractivity contribution in [3.63, 3.8) is 0 Å². The molecule has 0 fully saturated rings. The van der Waals surface area contributed by atoms with E-state index in [1.807, 2.05) is 0 Å². The van der Waals surface area contributed by atoms with Crippen molar-refractivity contribution < 1.29 is 0 Å². The summed E-state index contributed by atoms with van der Waals surface area (Å²) >= 11 is 0. The van der Waals surface area contributed by atoms with E-state index in [9.17, 15) is 0 Å². The second kappa shape index (κ2) is 8.93. The van der Waals surface area contributed by atoms with Gasteiger partial charge in [-0.1, -0.05) is 97.8 Å². The summed E-state index contributed by atoms with van der Waals surface area (Å²) in [6, 6.07) is 26.1. The molecule has 3 aromatic carbocycles. The minimum Gasteiger partial charge on any atom is -0.376 e. The molecule has 1 N–H and O–H groups in total. The molecule has 0 heterocycles. The molecule has 0 saturated heterocycles. The first kappa shape index (κ1) is 19.9. The quantitative estimate of drug-likeness (QED) is 0.423. The van der Waals surface area contributed by atoms with Gasteiger partial charge in [0.1, 0.15) is 0 Å². The molecule has 28 heavy (non-hydrogen) atoms. The Bertz CT molecular complexity index is 896. The van der Waals surface area contributed by atoms with E-state index in [1.54, 1.807) is 0 Å². The van der Waals surface area contributed by atoms with Crippen molar-refractivity contribution in [2.75, 3.05) is 5.32 Å². The van der Waals surface area contributed by atoms with Gasteiger partial charge in [-0.25, -0.2) is 0 Å². The van der Waals surface area contributed by atoms with Crippen LogP contribution in [-0.2, 0) is 5.54 Å². The van der Waals surface area contributed by atoms with Crippen LogP contribution in [0.5, 0.6) is 0 Å². The van der Waals surface area contributed by atoms with Crippen LogP contribution in [0.3, 0.4) is 0 Å². The zero-order valence-corrected chi connectivity index (χ0v) is 17.5. The third-order valence-corrected chi connectivity index (χ3v) is 5.54. The molecule has 1 nitrogen and oxygen atoms in total. The van der Waals surface area contributed by atoms with Crippen LogP contribution >= 0.6 is 0 Å². The number of para-hydroxylation sites is 1. The molecule has 0 saturated carbocycles. The average Bonchev–Trinajstić information content (AvgIpc) is 2.71. The monoisotopic (exact) mass is 369 g/mol. The zero-order chi connectivity index (χ0) is 20.0. The minimum atomic E-state index is -0.0444. The number of aryl methyl sites for hydroxylation is 2. The minimum absolute atomic E-state index is 0.0444. The Morgan fingerprint density at radius 1 is 0.714 bits per heavy atom. The Morgan fingerprint density at radius 2 is 1.29 bits per heavy atom. The molecule has 0 bridgehead atoms. The SMILES string of the molecule is CCC(CC)(Nc1ccccc1)c1ccc(C=Cc2cc(C)cc(C)c2)cc1. The molecule has 0 unspecified atom stereocenters. The van der Waals surface area contributed by atoms with Crippen molar-refractivity contribution in [2.45, 2.75) is 46.1 Å². The predicted molar refractivity (Wildman–Crippen MR) is 124 cm³/mol. The highest BCUT2D eigenvalue weighted by Crippen LogP contribution is 2.33. The molecule has 0 atom stereocenters. The molecule has 0 aliphatic rings. The van der Waals surface area contributed by atoms with Gasteiger partial charge in [-0.05, 0) is 55.5 Å². The Kier molecular flexibility index (Phi) is 6.36. The zero-order valence-electron chi connectivity index (χ0n) is 17.5. The summed E-state index contributed by atoms with van der Waals surface area (Å²) in [4.78, 5) is 0. The Labute approximate surface area is 170 Å². The number of benzene rings is 3. The third kappa shape index (κ3) is 4.72. The van der Waals surface area contributed by atoms with Crippen LogP contribution in [0.15, 0.2) is 72.8 Å². The first-order chi connectivity index (χ1) is 13.5. The summed E-state index contributed by atoms with van der Waals surface area (Å²) in [5, 5.41) is 3.78. The highest BCUT2D eigenvalue weighted by Gasteiger charge is 2.27. The summed E-state index contributed by atoms with van der Waals surface area (Å²) in [6.45, 7) is 8.81. The standard InChI is InChI=1S/C27H31N/c1-5-27(6-2,28-26-10-8-7-9-11-26)25-16-14-23(15-17-25)12-13-24-19-21(3)18-22(4)20-24/h7-20,28H,5-6H2,1-4H3.